The maximum absolute atomic E-state index is 12.8. The molecule has 1 atom stereocenters. The molecule has 2 N–H and O–H groups in total. The lowest BCUT2D eigenvalue weighted by molar-refractivity contribution is -0.113. The van der Waals surface area contributed by atoms with Gasteiger partial charge in [-0.05, 0) is 36.8 Å². The van der Waals surface area contributed by atoms with Crippen LogP contribution < -0.4 is 15.4 Å². The minimum Gasteiger partial charge on any atom is -0.488 e. The molecule has 156 valence electrons. The van der Waals surface area contributed by atoms with Crippen molar-refractivity contribution in [2.24, 2.45) is 0 Å². The molecule has 1 unspecified atom stereocenters. The Labute approximate surface area is 191 Å². The Bertz CT molecular complexity index is 1160. The number of hydrogen-bond acceptors (Lipinski definition) is 3. The van der Waals surface area contributed by atoms with E-state index in [2.05, 4.69) is 10.6 Å². The summed E-state index contributed by atoms with van der Waals surface area (Å²) in [5, 5.41) is 7.52. The number of para-hydroxylation sites is 1. The first-order valence-electron chi connectivity index (χ1n) is 9.87. The Morgan fingerprint density at radius 3 is 2.42 bits per heavy atom. The van der Waals surface area contributed by atoms with E-state index < -0.39 is 6.04 Å². The highest BCUT2D eigenvalue weighted by atomic mass is 35.5. The molecular weight excluding hydrogens is 428 g/mol. The second-order valence-electron chi connectivity index (χ2n) is 7.16. The molecule has 3 aromatic rings. The highest BCUT2D eigenvalue weighted by Crippen LogP contribution is 2.36. The van der Waals surface area contributed by atoms with Crippen molar-refractivity contribution in [2.45, 2.75) is 19.6 Å². The van der Waals surface area contributed by atoms with Crippen LogP contribution >= 0.6 is 23.8 Å². The fraction of sp³-hybridized carbons (Fsp3) is 0.120. The van der Waals surface area contributed by atoms with Gasteiger partial charge in [0.15, 0.2) is 10.9 Å². The molecular formula is C25H21ClN2O2S. The van der Waals surface area contributed by atoms with Crippen LogP contribution in [0.2, 0.25) is 5.02 Å². The molecule has 0 amide bonds. The van der Waals surface area contributed by atoms with Crippen LogP contribution in [-0.2, 0) is 11.4 Å². The fourth-order valence-electron chi connectivity index (χ4n) is 3.63. The number of halogens is 1. The lowest BCUT2D eigenvalue weighted by atomic mass is 9.90. The monoisotopic (exact) mass is 448 g/mol. The lowest BCUT2D eigenvalue weighted by Gasteiger charge is -2.32. The van der Waals surface area contributed by atoms with Crippen LogP contribution in [-0.4, -0.2) is 10.9 Å². The molecule has 0 aliphatic carbocycles. The number of carbonyl (C=O) groups excluding carboxylic acids is 1. The lowest BCUT2D eigenvalue weighted by Crippen LogP contribution is -2.44. The van der Waals surface area contributed by atoms with E-state index >= 15 is 0 Å². The number of hydrogen-bond donors (Lipinski definition) is 2. The summed E-state index contributed by atoms with van der Waals surface area (Å²) in [6.07, 6.45) is 0. The quantitative estimate of drug-likeness (QED) is 0.492. The topological polar surface area (TPSA) is 50.4 Å². The average molecular weight is 449 g/mol. The third-order valence-corrected chi connectivity index (χ3v) is 5.67. The number of thiocarbonyl (C=S) groups is 1. The van der Waals surface area contributed by atoms with Gasteiger partial charge in [0.2, 0.25) is 0 Å². The summed E-state index contributed by atoms with van der Waals surface area (Å²) in [7, 11) is 0. The maximum atomic E-state index is 12.8. The zero-order valence-electron chi connectivity index (χ0n) is 16.9. The zero-order valence-corrected chi connectivity index (χ0v) is 18.5. The van der Waals surface area contributed by atoms with Crippen LogP contribution in [0.4, 0.5) is 0 Å². The van der Waals surface area contributed by atoms with Gasteiger partial charge in [-0.3, -0.25) is 4.79 Å². The van der Waals surface area contributed by atoms with Gasteiger partial charge >= 0.3 is 0 Å². The smallest absolute Gasteiger partial charge is 0.171 e. The number of carbonyl (C=O) groups is 1. The Morgan fingerprint density at radius 1 is 1.00 bits per heavy atom. The number of ether oxygens (including phenoxy) is 1. The van der Waals surface area contributed by atoms with E-state index in [4.69, 9.17) is 28.6 Å². The first kappa shape index (κ1) is 21.1. The molecule has 0 aromatic heterocycles. The molecule has 0 saturated heterocycles. The highest BCUT2D eigenvalue weighted by molar-refractivity contribution is 7.80. The Morgan fingerprint density at radius 2 is 1.68 bits per heavy atom. The molecule has 1 aliphatic rings. The van der Waals surface area contributed by atoms with Gasteiger partial charge in [-0.1, -0.05) is 78.3 Å². The largest absolute Gasteiger partial charge is 0.488 e. The molecule has 0 saturated carbocycles. The highest BCUT2D eigenvalue weighted by Gasteiger charge is 2.31. The predicted molar refractivity (Wildman–Crippen MR) is 128 cm³/mol. The van der Waals surface area contributed by atoms with Crippen molar-refractivity contribution in [3.63, 3.8) is 0 Å². The van der Waals surface area contributed by atoms with Crippen molar-refractivity contribution in [2.75, 3.05) is 0 Å². The summed E-state index contributed by atoms with van der Waals surface area (Å²) in [6.45, 7) is 1.88. The molecule has 1 heterocycles. The van der Waals surface area contributed by atoms with Gasteiger partial charge in [-0.2, -0.15) is 0 Å². The van der Waals surface area contributed by atoms with E-state index in [1.54, 1.807) is 6.92 Å². The third-order valence-electron chi connectivity index (χ3n) is 5.08. The van der Waals surface area contributed by atoms with Crippen molar-refractivity contribution in [3.05, 3.63) is 106 Å². The third kappa shape index (κ3) is 4.63. The predicted octanol–water partition coefficient (Wildman–Crippen LogP) is 5.44. The first-order chi connectivity index (χ1) is 15.0. The molecule has 31 heavy (non-hydrogen) atoms. The number of nitrogens with one attached hydrogen (secondary N) is 2. The van der Waals surface area contributed by atoms with Gasteiger partial charge in [-0.15, -0.1) is 0 Å². The number of ketones is 1. The summed E-state index contributed by atoms with van der Waals surface area (Å²) in [6, 6.07) is 24.5. The van der Waals surface area contributed by atoms with Crippen LogP contribution in [0.25, 0.3) is 5.70 Å². The average Bonchev–Trinajstić information content (AvgIpc) is 2.78. The van der Waals surface area contributed by atoms with Crippen molar-refractivity contribution in [1.82, 2.24) is 10.6 Å². The molecule has 6 heteroatoms. The van der Waals surface area contributed by atoms with Crippen molar-refractivity contribution in [3.8, 4) is 5.75 Å². The zero-order chi connectivity index (χ0) is 21.8. The Balaban J connectivity index is 1.75. The van der Waals surface area contributed by atoms with Gasteiger partial charge in [0.25, 0.3) is 0 Å². The van der Waals surface area contributed by atoms with Gasteiger partial charge in [0.05, 0.1) is 11.7 Å². The second kappa shape index (κ2) is 9.33. The standard InChI is InChI=1S/C25H21ClN2O2S/c1-16(29)22-23(17-9-3-2-4-10-17)27-25(31)28-24(22)19-12-6-8-14-21(19)30-15-18-11-5-7-13-20(18)26/h2-14,24H,15H2,1H3,(H2,27,28,31). The van der Waals surface area contributed by atoms with E-state index in [9.17, 15) is 4.79 Å². The number of Topliss-reactive ketones (excluding diaryl/α,β-unsaturated/α-hetero) is 1. The molecule has 4 nitrogen and oxygen atoms in total. The normalized spacial score (nSPS) is 15.8. The number of benzene rings is 3. The molecule has 3 aromatic carbocycles. The van der Waals surface area contributed by atoms with Crippen LogP contribution in [0.3, 0.4) is 0 Å². The minimum atomic E-state index is -0.441. The van der Waals surface area contributed by atoms with E-state index in [1.807, 2.05) is 78.9 Å². The van der Waals surface area contributed by atoms with Crippen molar-refractivity contribution >= 4 is 40.4 Å². The van der Waals surface area contributed by atoms with Gasteiger partial charge in [0, 0.05) is 21.7 Å². The Hall–Kier alpha value is -3.15. The van der Waals surface area contributed by atoms with Gasteiger partial charge in [0.1, 0.15) is 12.4 Å². The van der Waals surface area contributed by atoms with Crippen molar-refractivity contribution in [1.29, 1.82) is 0 Å². The van der Waals surface area contributed by atoms with E-state index in [-0.39, 0.29) is 5.78 Å². The van der Waals surface area contributed by atoms with E-state index in [1.165, 1.54) is 0 Å². The molecule has 4 rings (SSSR count). The van der Waals surface area contributed by atoms with Crippen molar-refractivity contribution < 1.29 is 9.53 Å². The minimum absolute atomic E-state index is 0.0488. The van der Waals surface area contributed by atoms with Crippen LogP contribution in [0.1, 0.15) is 29.7 Å². The second-order valence-corrected chi connectivity index (χ2v) is 7.98. The molecule has 0 bridgehead atoms. The first-order valence-corrected chi connectivity index (χ1v) is 10.7. The molecule has 0 radical (unpaired) electrons. The van der Waals surface area contributed by atoms with Gasteiger partial charge < -0.3 is 15.4 Å². The SMILES string of the molecule is CC(=O)C1=C(c2ccccc2)NC(=S)NC1c1ccccc1OCc1ccccc1Cl. The summed E-state index contributed by atoms with van der Waals surface area (Å²) in [5.74, 6) is 0.614. The molecule has 0 spiro atoms. The van der Waals surface area contributed by atoms with E-state index in [0.29, 0.717) is 33.8 Å². The molecule has 1 aliphatic heterocycles. The summed E-state index contributed by atoms with van der Waals surface area (Å²) in [5.41, 5.74) is 3.93. The summed E-state index contributed by atoms with van der Waals surface area (Å²) in [4.78, 5) is 12.8. The van der Waals surface area contributed by atoms with E-state index in [0.717, 1.165) is 16.7 Å². The Kier molecular flexibility index (Phi) is 6.35. The van der Waals surface area contributed by atoms with Gasteiger partial charge in [-0.25, -0.2) is 0 Å². The van der Waals surface area contributed by atoms with Crippen LogP contribution in [0.15, 0.2) is 84.4 Å². The molecule has 0 fully saturated rings. The number of rotatable bonds is 6. The summed E-state index contributed by atoms with van der Waals surface area (Å²) >= 11 is 11.8. The maximum Gasteiger partial charge on any atom is 0.171 e. The van der Waals surface area contributed by atoms with Crippen LogP contribution in [0.5, 0.6) is 5.75 Å². The fourth-order valence-corrected chi connectivity index (χ4v) is 4.04. The summed E-state index contributed by atoms with van der Waals surface area (Å²) < 4.78 is 6.14. The van der Waals surface area contributed by atoms with Crippen LogP contribution in [0, 0.1) is 0 Å².